The third-order valence-electron chi connectivity index (χ3n) is 4.94. The molecule has 0 saturated carbocycles. The lowest BCUT2D eigenvalue weighted by atomic mass is 10.0. The largest absolute Gasteiger partial charge is 0.247 e. The lowest BCUT2D eigenvalue weighted by Crippen LogP contribution is -1.98. The summed E-state index contributed by atoms with van der Waals surface area (Å²) in [5.41, 5.74) is 2.76. The SMILES string of the molecule is CCCCc1ccc(-c2ccc(C#Cc3ccc(CCC)c(F)c3)nc2)c(F)c1F. The Morgan fingerprint density at radius 2 is 1.60 bits per heavy atom. The first-order chi connectivity index (χ1) is 14.5. The van der Waals surface area contributed by atoms with Gasteiger partial charge in [-0.15, -0.1) is 0 Å². The predicted molar refractivity (Wildman–Crippen MR) is 115 cm³/mol. The second-order valence-corrected chi connectivity index (χ2v) is 7.24. The van der Waals surface area contributed by atoms with Crippen LogP contribution in [0.2, 0.25) is 0 Å². The summed E-state index contributed by atoms with van der Waals surface area (Å²) in [6, 6.07) is 11.5. The van der Waals surface area contributed by atoms with Gasteiger partial charge in [0, 0.05) is 22.9 Å². The van der Waals surface area contributed by atoms with Crippen LogP contribution in [0.15, 0.2) is 48.7 Å². The molecule has 154 valence electrons. The van der Waals surface area contributed by atoms with Gasteiger partial charge < -0.3 is 0 Å². The first-order valence-corrected chi connectivity index (χ1v) is 10.3. The number of hydrogen-bond donors (Lipinski definition) is 0. The molecule has 1 heterocycles. The normalized spacial score (nSPS) is 10.6. The number of halogens is 3. The topological polar surface area (TPSA) is 12.9 Å². The van der Waals surface area contributed by atoms with Crippen LogP contribution in [0.1, 0.15) is 55.5 Å². The maximum absolute atomic E-state index is 14.5. The summed E-state index contributed by atoms with van der Waals surface area (Å²) in [6.45, 7) is 4.01. The van der Waals surface area contributed by atoms with Crippen LogP contribution in [0.3, 0.4) is 0 Å². The molecule has 3 aromatic rings. The van der Waals surface area contributed by atoms with Crippen LogP contribution in [-0.2, 0) is 12.8 Å². The van der Waals surface area contributed by atoms with Crippen molar-refractivity contribution in [2.75, 3.05) is 0 Å². The molecule has 4 heteroatoms. The van der Waals surface area contributed by atoms with Crippen molar-refractivity contribution in [3.8, 4) is 23.0 Å². The van der Waals surface area contributed by atoms with Gasteiger partial charge in [0.15, 0.2) is 11.6 Å². The zero-order chi connectivity index (χ0) is 21.5. The van der Waals surface area contributed by atoms with Crippen molar-refractivity contribution < 1.29 is 13.2 Å². The Morgan fingerprint density at radius 3 is 2.27 bits per heavy atom. The summed E-state index contributed by atoms with van der Waals surface area (Å²) < 4.78 is 42.8. The van der Waals surface area contributed by atoms with Crippen molar-refractivity contribution in [1.29, 1.82) is 0 Å². The van der Waals surface area contributed by atoms with E-state index < -0.39 is 11.6 Å². The summed E-state index contributed by atoms with van der Waals surface area (Å²) >= 11 is 0. The van der Waals surface area contributed by atoms with E-state index in [4.69, 9.17) is 0 Å². The van der Waals surface area contributed by atoms with Gasteiger partial charge in [-0.25, -0.2) is 18.2 Å². The third kappa shape index (κ3) is 5.10. The van der Waals surface area contributed by atoms with Gasteiger partial charge in [-0.1, -0.05) is 50.8 Å². The van der Waals surface area contributed by atoms with Gasteiger partial charge in [0.05, 0.1) is 0 Å². The third-order valence-corrected chi connectivity index (χ3v) is 4.94. The predicted octanol–water partition coefficient (Wildman–Crippen LogP) is 6.86. The molecule has 30 heavy (non-hydrogen) atoms. The minimum absolute atomic E-state index is 0.174. The summed E-state index contributed by atoms with van der Waals surface area (Å²) in [4.78, 5) is 4.23. The molecule has 0 radical (unpaired) electrons. The average molecular weight is 407 g/mol. The highest BCUT2D eigenvalue weighted by atomic mass is 19.2. The number of aryl methyl sites for hydroxylation is 2. The summed E-state index contributed by atoms with van der Waals surface area (Å²) in [5.74, 6) is 3.87. The summed E-state index contributed by atoms with van der Waals surface area (Å²) in [6.07, 6.45) is 5.30. The Kier molecular flexibility index (Phi) is 7.30. The van der Waals surface area contributed by atoms with Gasteiger partial charge >= 0.3 is 0 Å². The lowest BCUT2D eigenvalue weighted by Gasteiger charge is -2.08. The van der Waals surface area contributed by atoms with E-state index in [0.717, 1.165) is 19.3 Å². The Balaban J connectivity index is 1.79. The van der Waals surface area contributed by atoms with Crippen LogP contribution >= 0.6 is 0 Å². The molecule has 0 aliphatic carbocycles. The number of hydrogen-bond acceptors (Lipinski definition) is 1. The molecule has 2 aromatic carbocycles. The molecular formula is C26H24F3N. The highest BCUT2D eigenvalue weighted by Crippen LogP contribution is 2.26. The van der Waals surface area contributed by atoms with E-state index in [1.165, 1.54) is 12.3 Å². The number of rotatable bonds is 6. The summed E-state index contributed by atoms with van der Waals surface area (Å²) in [7, 11) is 0. The first kappa shape index (κ1) is 21.6. The van der Waals surface area contributed by atoms with Gasteiger partial charge in [0.25, 0.3) is 0 Å². The fourth-order valence-corrected chi connectivity index (χ4v) is 3.23. The van der Waals surface area contributed by atoms with Crippen molar-refractivity contribution in [3.63, 3.8) is 0 Å². The second kappa shape index (κ2) is 10.1. The van der Waals surface area contributed by atoms with E-state index in [1.54, 1.807) is 36.4 Å². The van der Waals surface area contributed by atoms with E-state index in [9.17, 15) is 13.2 Å². The number of unbranched alkanes of at least 4 members (excludes halogenated alkanes) is 1. The highest BCUT2D eigenvalue weighted by molar-refractivity contribution is 5.64. The highest BCUT2D eigenvalue weighted by Gasteiger charge is 2.14. The van der Waals surface area contributed by atoms with Gasteiger partial charge in [0.1, 0.15) is 11.5 Å². The van der Waals surface area contributed by atoms with Gasteiger partial charge in [0.2, 0.25) is 0 Å². The quantitative estimate of drug-likeness (QED) is 0.407. The standard InChI is InChI=1S/C26H24F3N/c1-3-5-7-20-12-15-23(26(29)25(20)28)21-11-14-22(30-17-21)13-9-18-8-10-19(6-4-2)24(27)16-18/h8,10-12,14-17H,3-7H2,1-2H3. The van der Waals surface area contributed by atoms with Crippen molar-refractivity contribution in [1.82, 2.24) is 4.98 Å². The molecule has 0 spiro atoms. The number of nitrogens with zero attached hydrogens (tertiary/aromatic N) is 1. The number of benzene rings is 2. The van der Waals surface area contributed by atoms with Crippen LogP contribution in [0, 0.1) is 29.3 Å². The maximum Gasteiger partial charge on any atom is 0.166 e. The van der Waals surface area contributed by atoms with Gasteiger partial charge in [-0.05, 0) is 60.6 Å². The molecule has 0 amide bonds. The Labute approximate surface area is 176 Å². The average Bonchev–Trinajstić information content (AvgIpc) is 2.76. The molecule has 0 atom stereocenters. The fraction of sp³-hybridized carbons (Fsp3) is 0.269. The second-order valence-electron chi connectivity index (χ2n) is 7.24. The molecule has 0 fully saturated rings. The molecule has 0 bridgehead atoms. The van der Waals surface area contributed by atoms with Crippen LogP contribution in [0.4, 0.5) is 13.2 Å². The number of aromatic nitrogens is 1. The zero-order valence-corrected chi connectivity index (χ0v) is 17.2. The minimum Gasteiger partial charge on any atom is -0.247 e. The first-order valence-electron chi connectivity index (χ1n) is 10.3. The molecule has 0 unspecified atom stereocenters. The molecule has 1 nitrogen and oxygen atoms in total. The van der Waals surface area contributed by atoms with Crippen LogP contribution < -0.4 is 0 Å². The fourth-order valence-electron chi connectivity index (χ4n) is 3.23. The lowest BCUT2D eigenvalue weighted by molar-refractivity contribution is 0.499. The molecular weight excluding hydrogens is 383 g/mol. The van der Waals surface area contributed by atoms with E-state index in [-0.39, 0.29) is 11.4 Å². The van der Waals surface area contributed by atoms with Crippen LogP contribution in [0.5, 0.6) is 0 Å². The van der Waals surface area contributed by atoms with Crippen molar-refractivity contribution >= 4 is 0 Å². The maximum atomic E-state index is 14.5. The molecule has 0 saturated heterocycles. The van der Waals surface area contributed by atoms with Crippen LogP contribution in [0.25, 0.3) is 11.1 Å². The Morgan fingerprint density at radius 1 is 0.800 bits per heavy atom. The molecule has 1 aromatic heterocycles. The monoisotopic (exact) mass is 407 g/mol. The van der Waals surface area contributed by atoms with Gasteiger partial charge in [-0.2, -0.15) is 0 Å². The molecule has 3 rings (SSSR count). The van der Waals surface area contributed by atoms with Crippen LogP contribution in [-0.4, -0.2) is 4.98 Å². The van der Waals surface area contributed by atoms with E-state index in [1.807, 2.05) is 13.8 Å². The van der Waals surface area contributed by atoms with Gasteiger partial charge in [-0.3, -0.25) is 0 Å². The summed E-state index contributed by atoms with van der Waals surface area (Å²) in [5, 5.41) is 0. The molecule has 0 N–H and O–H groups in total. The van der Waals surface area contributed by atoms with E-state index in [0.29, 0.717) is 40.8 Å². The molecule has 0 aliphatic heterocycles. The van der Waals surface area contributed by atoms with E-state index in [2.05, 4.69) is 16.8 Å². The van der Waals surface area contributed by atoms with E-state index >= 15 is 0 Å². The Bertz CT molecular complexity index is 1080. The van der Waals surface area contributed by atoms with Crippen molar-refractivity contribution in [3.05, 3.63) is 88.5 Å². The molecule has 0 aliphatic rings. The smallest absolute Gasteiger partial charge is 0.166 e. The number of pyridine rings is 1. The minimum atomic E-state index is -0.855. The van der Waals surface area contributed by atoms with Crippen molar-refractivity contribution in [2.45, 2.75) is 46.0 Å². The van der Waals surface area contributed by atoms with Crippen molar-refractivity contribution in [2.24, 2.45) is 0 Å². The Hall–Kier alpha value is -3.06. The zero-order valence-electron chi connectivity index (χ0n) is 17.2.